The normalized spacial score (nSPS) is 23.1. The van der Waals surface area contributed by atoms with Gasteiger partial charge in [-0.3, -0.25) is 0 Å². The first kappa shape index (κ1) is 11.1. The van der Waals surface area contributed by atoms with E-state index in [1.54, 1.807) is 0 Å². The van der Waals surface area contributed by atoms with Crippen molar-refractivity contribution in [3.8, 4) is 0 Å². The van der Waals surface area contributed by atoms with Crippen molar-refractivity contribution in [2.45, 2.75) is 38.1 Å². The summed E-state index contributed by atoms with van der Waals surface area (Å²) in [6, 6.07) is 8.83. The van der Waals surface area contributed by atoms with E-state index in [1.165, 1.54) is 43.5 Å². The van der Waals surface area contributed by atoms with Gasteiger partial charge in [-0.05, 0) is 43.2 Å². The van der Waals surface area contributed by atoms with E-state index in [-0.39, 0.29) is 5.54 Å². The Bertz CT molecular complexity index is 409. The second-order valence-electron chi connectivity index (χ2n) is 5.81. The molecule has 1 aliphatic heterocycles. The fraction of sp³-hybridized carbons (Fsp3) is 0.600. The summed E-state index contributed by atoms with van der Waals surface area (Å²) in [5, 5.41) is 0. The highest BCUT2D eigenvalue weighted by atomic mass is 15.1. The van der Waals surface area contributed by atoms with Crippen LogP contribution < -0.4 is 10.6 Å². The van der Waals surface area contributed by atoms with Gasteiger partial charge in [0, 0.05) is 24.3 Å². The van der Waals surface area contributed by atoms with Gasteiger partial charge in [0.2, 0.25) is 0 Å². The second kappa shape index (κ2) is 4.02. The van der Waals surface area contributed by atoms with Crippen molar-refractivity contribution in [1.82, 2.24) is 0 Å². The lowest BCUT2D eigenvalue weighted by Gasteiger charge is -2.35. The molecule has 17 heavy (non-hydrogen) atoms. The fourth-order valence-electron chi connectivity index (χ4n) is 2.95. The summed E-state index contributed by atoms with van der Waals surface area (Å²) in [7, 11) is 0. The molecule has 0 bridgehead atoms. The minimum Gasteiger partial charge on any atom is -0.371 e. The molecule has 0 amide bonds. The van der Waals surface area contributed by atoms with Crippen LogP contribution in [0.25, 0.3) is 0 Å². The molecule has 1 aliphatic carbocycles. The van der Waals surface area contributed by atoms with Gasteiger partial charge in [-0.2, -0.15) is 0 Å². The summed E-state index contributed by atoms with van der Waals surface area (Å²) in [6.45, 7) is 4.62. The van der Waals surface area contributed by atoms with Crippen LogP contribution in [0.5, 0.6) is 0 Å². The van der Waals surface area contributed by atoms with Crippen LogP contribution in [0.1, 0.15) is 31.7 Å². The average molecular weight is 230 g/mol. The number of fused-ring (bicyclic) bond motifs is 1. The third-order valence-electron chi connectivity index (χ3n) is 4.51. The number of anilines is 1. The predicted octanol–water partition coefficient (Wildman–Crippen LogP) is 2.57. The molecule has 0 saturated heterocycles. The number of hydrogen-bond donors (Lipinski definition) is 1. The van der Waals surface area contributed by atoms with Crippen molar-refractivity contribution in [2.24, 2.45) is 11.7 Å². The summed E-state index contributed by atoms with van der Waals surface area (Å²) < 4.78 is 0. The highest BCUT2D eigenvalue weighted by Gasteiger charge is 2.43. The van der Waals surface area contributed by atoms with E-state index >= 15 is 0 Å². The van der Waals surface area contributed by atoms with Gasteiger partial charge in [-0.15, -0.1) is 0 Å². The molecule has 2 nitrogen and oxygen atoms in total. The van der Waals surface area contributed by atoms with Crippen LogP contribution in [0.4, 0.5) is 5.69 Å². The van der Waals surface area contributed by atoms with Crippen LogP contribution in [-0.4, -0.2) is 18.6 Å². The zero-order chi connectivity index (χ0) is 11.9. The number of rotatable bonds is 3. The van der Waals surface area contributed by atoms with Crippen molar-refractivity contribution >= 4 is 5.69 Å². The highest BCUT2D eigenvalue weighted by molar-refractivity contribution is 5.55. The lowest BCUT2D eigenvalue weighted by atomic mass is 9.96. The molecule has 0 spiro atoms. The van der Waals surface area contributed by atoms with Crippen molar-refractivity contribution in [3.63, 3.8) is 0 Å². The molecule has 3 rings (SSSR count). The highest BCUT2D eigenvalue weighted by Crippen LogP contribution is 2.40. The maximum atomic E-state index is 6.30. The number of benzene rings is 1. The topological polar surface area (TPSA) is 29.3 Å². The van der Waals surface area contributed by atoms with E-state index < -0.39 is 0 Å². The molecule has 1 unspecified atom stereocenters. The Morgan fingerprint density at radius 3 is 2.88 bits per heavy atom. The molecule has 92 valence electrons. The van der Waals surface area contributed by atoms with Crippen LogP contribution in [0.3, 0.4) is 0 Å². The molecule has 1 atom stereocenters. The Kier molecular flexibility index (Phi) is 2.62. The first-order valence-corrected chi connectivity index (χ1v) is 6.81. The zero-order valence-electron chi connectivity index (χ0n) is 10.7. The van der Waals surface area contributed by atoms with E-state index in [0.717, 1.165) is 6.54 Å². The molecule has 1 aromatic rings. The third kappa shape index (κ3) is 2.06. The van der Waals surface area contributed by atoms with E-state index in [2.05, 4.69) is 36.1 Å². The van der Waals surface area contributed by atoms with Gasteiger partial charge < -0.3 is 10.6 Å². The van der Waals surface area contributed by atoms with Gasteiger partial charge in [0.25, 0.3) is 0 Å². The first-order chi connectivity index (χ1) is 8.19. The minimum atomic E-state index is 0.145. The van der Waals surface area contributed by atoms with Crippen LogP contribution in [0.15, 0.2) is 24.3 Å². The van der Waals surface area contributed by atoms with Crippen molar-refractivity contribution < 1.29 is 0 Å². The largest absolute Gasteiger partial charge is 0.371 e. The Balaban J connectivity index is 1.76. The summed E-state index contributed by atoms with van der Waals surface area (Å²) >= 11 is 0. The third-order valence-corrected chi connectivity index (χ3v) is 4.51. The fourth-order valence-corrected chi connectivity index (χ4v) is 2.95. The lowest BCUT2D eigenvalue weighted by molar-refractivity contribution is 0.430. The van der Waals surface area contributed by atoms with Crippen molar-refractivity contribution in [3.05, 3.63) is 29.8 Å². The molecular weight excluding hydrogens is 208 g/mol. The summed E-state index contributed by atoms with van der Waals surface area (Å²) in [4.78, 5) is 2.54. The van der Waals surface area contributed by atoms with Gasteiger partial charge in [-0.25, -0.2) is 0 Å². The van der Waals surface area contributed by atoms with E-state index in [9.17, 15) is 0 Å². The Hall–Kier alpha value is -1.02. The standard InChI is InChI=1S/C15H22N2/c1-12(15(16)8-9-15)11-17-10-4-6-13-5-2-3-7-14(13)17/h2-3,5,7,12H,4,6,8-11,16H2,1H3. The molecule has 1 heterocycles. The molecule has 2 N–H and O–H groups in total. The monoisotopic (exact) mass is 230 g/mol. The maximum Gasteiger partial charge on any atom is 0.0398 e. The molecule has 1 aromatic carbocycles. The van der Waals surface area contributed by atoms with Gasteiger partial charge in [0.1, 0.15) is 0 Å². The average Bonchev–Trinajstić information content (AvgIpc) is 3.09. The molecule has 2 aliphatic rings. The Morgan fingerprint density at radius 1 is 1.35 bits per heavy atom. The minimum absolute atomic E-state index is 0.145. The summed E-state index contributed by atoms with van der Waals surface area (Å²) in [6.07, 6.45) is 4.93. The molecule has 0 radical (unpaired) electrons. The van der Waals surface area contributed by atoms with Gasteiger partial charge in [-0.1, -0.05) is 25.1 Å². The van der Waals surface area contributed by atoms with E-state index in [4.69, 9.17) is 5.73 Å². The Labute approximate surface area is 104 Å². The van der Waals surface area contributed by atoms with Gasteiger partial charge in [0.15, 0.2) is 0 Å². The molecule has 2 heteroatoms. The number of nitrogens with zero attached hydrogens (tertiary/aromatic N) is 1. The number of aryl methyl sites for hydroxylation is 1. The second-order valence-corrected chi connectivity index (χ2v) is 5.81. The van der Waals surface area contributed by atoms with Crippen LogP contribution in [0, 0.1) is 5.92 Å². The number of nitrogens with two attached hydrogens (primary N) is 1. The van der Waals surface area contributed by atoms with Crippen LogP contribution in [0.2, 0.25) is 0 Å². The zero-order valence-corrected chi connectivity index (χ0v) is 10.7. The first-order valence-electron chi connectivity index (χ1n) is 6.81. The van der Waals surface area contributed by atoms with Gasteiger partial charge >= 0.3 is 0 Å². The van der Waals surface area contributed by atoms with Gasteiger partial charge in [0.05, 0.1) is 0 Å². The van der Waals surface area contributed by atoms with Crippen molar-refractivity contribution in [1.29, 1.82) is 0 Å². The van der Waals surface area contributed by atoms with Crippen LogP contribution in [-0.2, 0) is 6.42 Å². The summed E-state index contributed by atoms with van der Waals surface area (Å²) in [5.74, 6) is 0.605. The van der Waals surface area contributed by atoms with Crippen LogP contribution >= 0.6 is 0 Å². The van der Waals surface area contributed by atoms with E-state index in [0.29, 0.717) is 5.92 Å². The summed E-state index contributed by atoms with van der Waals surface area (Å²) in [5.41, 5.74) is 9.39. The molecule has 0 aromatic heterocycles. The van der Waals surface area contributed by atoms with E-state index in [1.807, 2.05) is 0 Å². The molecule has 1 fully saturated rings. The molecular formula is C15H22N2. The van der Waals surface area contributed by atoms with Crippen molar-refractivity contribution in [2.75, 3.05) is 18.0 Å². The quantitative estimate of drug-likeness (QED) is 0.864. The predicted molar refractivity (Wildman–Crippen MR) is 72.3 cm³/mol. The number of para-hydroxylation sites is 1. The SMILES string of the molecule is CC(CN1CCCc2ccccc21)C1(N)CC1. The smallest absolute Gasteiger partial charge is 0.0398 e. The maximum absolute atomic E-state index is 6.30. The Morgan fingerprint density at radius 2 is 2.12 bits per heavy atom. The molecule has 1 saturated carbocycles. The number of hydrogen-bond acceptors (Lipinski definition) is 2. The lowest BCUT2D eigenvalue weighted by Crippen LogP contribution is -2.41.